The van der Waals surface area contributed by atoms with Gasteiger partial charge in [-0.1, -0.05) is 17.7 Å². The van der Waals surface area contributed by atoms with E-state index in [1.165, 1.54) is 35.2 Å². The summed E-state index contributed by atoms with van der Waals surface area (Å²) >= 11 is 5.81. The van der Waals surface area contributed by atoms with E-state index in [0.29, 0.717) is 12.2 Å². The zero-order chi connectivity index (χ0) is 14.7. The average Bonchev–Trinajstić information content (AvgIpc) is 2.39. The van der Waals surface area contributed by atoms with Crippen LogP contribution in [0.15, 0.2) is 36.4 Å². The number of nitro groups is 1. The van der Waals surface area contributed by atoms with Gasteiger partial charge in [0.05, 0.1) is 4.92 Å². The number of nitrogens with zero attached hydrogens (tertiary/aromatic N) is 3. The van der Waals surface area contributed by atoms with Crippen LogP contribution in [-0.2, 0) is 0 Å². The summed E-state index contributed by atoms with van der Waals surface area (Å²) < 4.78 is 13.3. The molecule has 104 valence electrons. The highest BCUT2D eigenvalue weighted by atomic mass is 35.5. The molecule has 2 rings (SSSR count). The predicted molar refractivity (Wildman–Crippen MR) is 75.0 cm³/mol. The van der Waals surface area contributed by atoms with Gasteiger partial charge in [0.2, 0.25) is 5.82 Å². The maximum atomic E-state index is 13.3. The lowest BCUT2D eigenvalue weighted by Crippen LogP contribution is -2.19. The molecule has 0 radical (unpaired) electrons. The molecule has 0 bridgehead atoms. The van der Waals surface area contributed by atoms with Crippen molar-refractivity contribution in [2.45, 2.75) is 6.92 Å². The van der Waals surface area contributed by atoms with Gasteiger partial charge >= 0.3 is 5.69 Å². The Morgan fingerprint density at radius 2 is 2.15 bits per heavy atom. The van der Waals surface area contributed by atoms with Crippen LogP contribution in [0.1, 0.15) is 6.92 Å². The lowest BCUT2D eigenvalue weighted by atomic mass is 10.2. The highest BCUT2D eigenvalue weighted by Gasteiger charge is 2.22. The Bertz CT molecular complexity index is 651. The van der Waals surface area contributed by atoms with Gasteiger partial charge in [0.15, 0.2) is 0 Å². The van der Waals surface area contributed by atoms with Crippen molar-refractivity contribution >= 4 is 28.8 Å². The summed E-state index contributed by atoms with van der Waals surface area (Å²) in [6, 6.07) is 8.41. The molecule has 7 heteroatoms. The van der Waals surface area contributed by atoms with E-state index >= 15 is 0 Å². The van der Waals surface area contributed by atoms with Crippen LogP contribution in [0.2, 0.25) is 5.15 Å². The monoisotopic (exact) mass is 295 g/mol. The van der Waals surface area contributed by atoms with E-state index in [-0.39, 0.29) is 16.7 Å². The molecular formula is C13H11ClFN3O2. The second kappa shape index (κ2) is 5.83. The van der Waals surface area contributed by atoms with Crippen LogP contribution in [0.5, 0.6) is 0 Å². The third-order valence-electron chi connectivity index (χ3n) is 2.71. The quantitative estimate of drug-likeness (QED) is 0.487. The highest BCUT2D eigenvalue weighted by molar-refractivity contribution is 6.29. The van der Waals surface area contributed by atoms with Crippen LogP contribution in [-0.4, -0.2) is 16.5 Å². The highest BCUT2D eigenvalue weighted by Crippen LogP contribution is 2.32. The van der Waals surface area contributed by atoms with Crippen LogP contribution in [0.3, 0.4) is 0 Å². The number of aromatic nitrogens is 1. The van der Waals surface area contributed by atoms with E-state index in [0.717, 1.165) is 0 Å². The third kappa shape index (κ3) is 2.85. The number of halogens is 2. The van der Waals surface area contributed by atoms with Gasteiger partial charge in [0.1, 0.15) is 11.0 Å². The largest absolute Gasteiger partial charge is 0.321 e. The van der Waals surface area contributed by atoms with Gasteiger partial charge in [-0.3, -0.25) is 10.1 Å². The zero-order valence-electron chi connectivity index (χ0n) is 10.6. The molecule has 0 amide bonds. The summed E-state index contributed by atoms with van der Waals surface area (Å²) in [7, 11) is 0. The van der Waals surface area contributed by atoms with Gasteiger partial charge in [-0.05, 0) is 31.2 Å². The van der Waals surface area contributed by atoms with Crippen molar-refractivity contribution in [1.29, 1.82) is 0 Å². The molecule has 0 unspecified atom stereocenters. The Hall–Kier alpha value is -2.21. The summed E-state index contributed by atoms with van der Waals surface area (Å²) in [6.07, 6.45) is 0. The molecule has 1 heterocycles. The van der Waals surface area contributed by atoms with E-state index in [1.807, 2.05) is 0 Å². The van der Waals surface area contributed by atoms with E-state index in [1.54, 1.807) is 13.0 Å². The van der Waals surface area contributed by atoms with Gasteiger partial charge in [0, 0.05) is 18.3 Å². The van der Waals surface area contributed by atoms with Gasteiger partial charge in [0.25, 0.3) is 0 Å². The fourth-order valence-electron chi connectivity index (χ4n) is 1.86. The molecule has 0 saturated heterocycles. The molecule has 5 nitrogen and oxygen atoms in total. The SMILES string of the molecule is CCN(c1cccc(F)c1)c1nc(Cl)ccc1[N+](=O)[O-]. The second-order valence-electron chi connectivity index (χ2n) is 3.96. The Balaban J connectivity index is 2.57. The summed E-state index contributed by atoms with van der Waals surface area (Å²) in [5, 5.41) is 11.2. The molecule has 2 aromatic rings. The first-order valence-electron chi connectivity index (χ1n) is 5.87. The minimum atomic E-state index is -0.541. The summed E-state index contributed by atoms with van der Waals surface area (Å²) in [6.45, 7) is 2.18. The van der Waals surface area contributed by atoms with E-state index in [9.17, 15) is 14.5 Å². The Kier molecular flexibility index (Phi) is 4.14. The first-order chi connectivity index (χ1) is 9.52. The number of rotatable bonds is 4. The molecule has 0 aliphatic carbocycles. The number of benzene rings is 1. The third-order valence-corrected chi connectivity index (χ3v) is 2.92. The molecular weight excluding hydrogens is 285 g/mol. The summed E-state index contributed by atoms with van der Waals surface area (Å²) in [5.74, 6) is -0.332. The first kappa shape index (κ1) is 14.2. The predicted octanol–water partition coefficient (Wildman–Crippen LogP) is 3.94. The molecule has 0 spiro atoms. The number of pyridine rings is 1. The zero-order valence-corrected chi connectivity index (χ0v) is 11.3. The molecule has 1 aromatic heterocycles. The van der Waals surface area contributed by atoms with Crippen molar-refractivity contribution in [3.63, 3.8) is 0 Å². The number of hydrogen-bond acceptors (Lipinski definition) is 4. The molecule has 0 aliphatic rings. The molecule has 0 aliphatic heterocycles. The van der Waals surface area contributed by atoms with Crippen molar-refractivity contribution in [2.24, 2.45) is 0 Å². The standard InChI is InChI=1S/C13H11ClFN3O2/c1-2-17(10-5-3-4-9(15)8-10)13-11(18(19)20)6-7-12(14)16-13/h3-8H,2H2,1H3. The number of hydrogen-bond donors (Lipinski definition) is 0. The minimum Gasteiger partial charge on any atom is -0.321 e. The van der Waals surface area contributed by atoms with Crippen LogP contribution < -0.4 is 4.90 Å². The van der Waals surface area contributed by atoms with Crippen molar-refractivity contribution in [3.8, 4) is 0 Å². The normalized spacial score (nSPS) is 10.3. The van der Waals surface area contributed by atoms with Gasteiger partial charge in [-0.15, -0.1) is 0 Å². The fourth-order valence-corrected chi connectivity index (χ4v) is 2.00. The lowest BCUT2D eigenvalue weighted by Gasteiger charge is -2.21. The Morgan fingerprint density at radius 3 is 2.75 bits per heavy atom. The van der Waals surface area contributed by atoms with Gasteiger partial charge in [-0.2, -0.15) is 0 Å². The summed E-state index contributed by atoms with van der Waals surface area (Å²) in [5.41, 5.74) is 0.297. The second-order valence-corrected chi connectivity index (χ2v) is 4.35. The lowest BCUT2D eigenvalue weighted by molar-refractivity contribution is -0.384. The van der Waals surface area contributed by atoms with Crippen molar-refractivity contribution in [1.82, 2.24) is 4.98 Å². The van der Waals surface area contributed by atoms with Gasteiger partial charge in [-0.25, -0.2) is 9.37 Å². The van der Waals surface area contributed by atoms with Crippen molar-refractivity contribution in [3.05, 3.63) is 57.5 Å². The molecule has 1 aromatic carbocycles. The van der Waals surface area contributed by atoms with Crippen LogP contribution in [0, 0.1) is 15.9 Å². The van der Waals surface area contributed by atoms with Crippen LogP contribution in [0.4, 0.5) is 21.6 Å². The molecule has 0 atom stereocenters. The smallest absolute Gasteiger partial charge is 0.312 e. The van der Waals surface area contributed by atoms with Crippen LogP contribution in [0.25, 0.3) is 0 Å². The maximum Gasteiger partial charge on any atom is 0.312 e. The fraction of sp³-hybridized carbons (Fsp3) is 0.154. The van der Waals surface area contributed by atoms with Crippen LogP contribution >= 0.6 is 11.6 Å². The Morgan fingerprint density at radius 1 is 1.40 bits per heavy atom. The average molecular weight is 296 g/mol. The minimum absolute atomic E-state index is 0.0931. The maximum absolute atomic E-state index is 13.3. The van der Waals surface area contributed by atoms with E-state index < -0.39 is 10.7 Å². The van der Waals surface area contributed by atoms with Gasteiger partial charge < -0.3 is 4.90 Å². The van der Waals surface area contributed by atoms with Crippen molar-refractivity contribution < 1.29 is 9.31 Å². The first-order valence-corrected chi connectivity index (χ1v) is 6.24. The molecule has 20 heavy (non-hydrogen) atoms. The molecule has 0 N–H and O–H groups in total. The van der Waals surface area contributed by atoms with Crippen molar-refractivity contribution in [2.75, 3.05) is 11.4 Å². The molecule has 0 saturated carbocycles. The molecule has 0 fully saturated rings. The topological polar surface area (TPSA) is 59.3 Å². The summed E-state index contributed by atoms with van der Waals surface area (Å²) in [4.78, 5) is 16.1. The van der Waals surface area contributed by atoms with E-state index in [2.05, 4.69) is 4.98 Å². The Labute approximate surface area is 119 Å². The van der Waals surface area contributed by atoms with E-state index in [4.69, 9.17) is 11.6 Å². The number of anilines is 2.